The number of aromatic nitrogens is 5. The molecule has 3 aromatic heterocycles. The van der Waals surface area contributed by atoms with Gasteiger partial charge in [-0.25, -0.2) is 19.5 Å². The van der Waals surface area contributed by atoms with Crippen molar-refractivity contribution >= 4 is 34.2 Å². The summed E-state index contributed by atoms with van der Waals surface area (Å²) in [4.78, 5) is 35.9. The molecule has 0 atom stereocenters. The van der Waals surface area contributed by atoms with E-state index in [0.29, 0.717) is 17.1 Å². The molecule has 3 heterocycles. The van der Waals surface area contributed by atoms with Crippen molar-refractivity contribution in [2.75, 3.05) is 0 Å². The standard InChI is InChI=1S/C17H17Cl2N5O3/c1-7(2)11-13(12(8(3)4)21-6-20-11)23-16-9(15(25)22-17(23)26)5-10(18)14(19)24(16)27/h5-8H,1-4H3,(H,22,25,26). The van der Waals surface area contributed by atoms with Crippen LogP contribution in [0.4, 0.5) is 0 Å². The predicted molar refractivity (Wildman–Crippen MR) is 103 cm³/mol. The van der Waals surface area contributed by atoms with Gasteiger partial charge in [-0.15, -0.1) is 4.57 Å². The lowest BCUT2D eigenvalue weighted by Crippen LogP contribution is -2.40. The number of hydrogen-bond donors (Lipinski definition) is 1. The van der Waals surface area contributed by atoms with Gasteiger partial charge < -0.3 is 5.21 Å². The number of hydrogen-bond acceptors (Lipinski definition) is 5. The van der Waals surface area contributed by atoms with Crippen LogP contribution in [0.2, 0.25) is 10.2 Å². The van der Waals surface area contributed by atoms with E-state index in [0.717, 1.165) is 4.57 Å². The molecule has 1 N–H and O–H groups in total. The van der Waals surface area contributed by atoms with Crippen molar-refractivity contribution < 1.29 is 4.73 Å². The third-order valence-electron chi connectivity index (χ3n) is 4.16. The largest absolute Gasteiger partial charge is 0.709 e. The molecule has 0 unspecified atom stereocenters. The van der Waals surface area contributed by atoms with Crippen LogP contribution < -0.4 is 16.0 Å². The van der Waals surface area contributed by atoms with E-state index in [1.165, 1.54) is 12.4 Å². The molecule has 0 aromatic carbocycles. The van der Waals surface area contributed by atoms with Crippen LogP contribution in [0.3, 0.4) is 0 Å². The number of aromatic amines is 1. The summed E-state index contributed by atoms with van der Waals surface area (Å²) < 4.78 is 1.38. The Hall–Kier alpha value is -2.45. The Bertz CT molecular complexity index is 1140. The molecule has 27 heavy (non-hydrogen) atoms. The molecule has 0 spiro atoms. The van der Waals surface area contributed by atoms with Crippen molar-refractivity contribution in [3.8, 4) is 5.69 Å². The van der Waals surface area contributed by atoms with Gasteiger partial charge in [0.2, 0.25) is 5.15 Å². The summed E-state index contributed by atoms with van der Waals surface area (Å²) in [6.45, 7) is 7.63. The maximum Gasteiger partial charge on any atom is 0.421 e. The fourth-order valence-corrected chi connectivity index (χ4v) is 3.25. The molecule has 0 aliphatic heterocycles. The van der Waals surface area contributed by atoms with E-state index < -0.39 is 11.2 Å². The fourth-order valence-electron chi connectivity index (χ4n) is 2.93. The number of pyridine rings is 1. The van der Waals surface area contributed by atoms with Crippen LogP contribution in [0.15, 0.2) is 22.0 Å². The van der Waals surface area contributed by atoms with Gasteiger partial charge in [-0.1, -0.05) is 39.3 Å². The lowest BCUT2D eigenvalue weighted by molar-refractivity contribution is -0.577. The van der Waals surface area contributed by atoms with E-state index >= 15 is 0 Å². The molecule has 10 heteroatoms. The van der Waals surface area contributed by atoms with E-state index in [4.69, 9.17) is 23.2 Å². The quantitative estimate of drug-likeness (QED) is 0.406. The monoisotopic (exact) mass is 409 g/mol. The van der Waals surface area contributed by atoms with Crippen molar-refractivity contribution in [3.05, 3.63) is 60.0 Å². The number of nitrogens with zero attached hydrogens (tertiary/aromatic N) is 4. The molecule has 0 amide bonds. The van der Waals surface area contributed by atoms with Crippen LogP contribution in [-0.4, -0.2) is 19.5 Å². The second-order valence-corrected chi connectivity index (χ2v) is 7.48. The second-order valence-electron chi connectivity index (χ2n) is 6.71. The molecule has 0 aliphatic carbocycles. The van der Waals surface area contributed by atoms with Crippen LogP contribution in [0.1, 0.15) is 50.9 Å². The van der Waals surface area contributed by atoms with Crippen LogP contribution in [0.5, 0.6) is 0 Å². The first kappa shape index (κ1) is 19.3. The highest BCUT2D eigenvalue weighted by molar-refractivity contribution is 6.41. The van der Waals surface area contributed by atoms with Crippen molar-refractivity contribution in [3.63, 3.8) is 0 Å². The van der Waals surface area contributed by atoms with Gasteiger partial charge in [-0.2, -0.15) is 0 Å². The molecule has 8 nitrogen and oxygen atoms in total. The molecule has 142 valence electrons. The van der Waals surface area contributed by atoms with E-state index in [2.05, 4.69) is 15.0 Å². The van der Waals surface area contributed by atoms with Gasteiger partial charge in [0, 0.05) is 0 Å². The highest BCUT2D eigenvalue weighted by Gasteiger charge is 2.29. The first-order valence-electron chi connectivity index (χ1n) is 8.26. The molecule has 0 saturated carbocycles. The van der Waals surface area contributed by atoms with Gasteiger partial charge >= 0.3 is 11.3 Å². The average molecular weight is 410 g/mol. The SMILES string of the molecule is CC(C)c1ncnc(C(C)C)c1-n1c(=O)[nH]c(=O)c2cc(Cl)c(Cl)[n+]([O-])c21. The van der Waals surface area contributed by atoms with Gasteiger partial charge in [0.05, 0.1) is 11.4 Å². The first-order chi connectivity index (χ1) is 12.6. The van der Waals surface area contributed by atoms with Gasteiger partial charge in [-0.05, 0) is 29.5 Å². The molecule has 3 aromatic rings. The molecule has 0 bridgehead atoms. The van der Waals surface area contributed by atoms with Crippen molar-refractivity contribution in [1.29, 1.82) is 0 Å². The maximum absolute atomic E-state index is 12.8. The summed E-state index contributed by atoms with van der Waals surface area (Å²) >= 11 is 11.9. The van der Waals surface area contributed by atoms with Crippen LogP contribution in [-0.2, 0) is 0 Å². The van der Waals surface area contributed by atoms with Crippen molar-refractivity contribution in [2.45, 2.75) is 39.5 Å². The fraction of sp³-hybridized carbons (Fsp3) is 0.353. The Labute approximate surface area is 164 Å². The second kappa shape index (κ2) is 6.94. The Morgan fingerprint density at radius 2 is 1.67 bits per heavy atom. The summed E-state index contributed by atoms with van der Waals surface area (Å²) in [5, 5.41) is 12.3. The van der Waals surface area contributed by atoms with Gasteiger partial charge in [0.25, 0.3) is 5.56 Å². The first-order valence-corrected chi connectivity index (χ1v) is 9.02. The minimum atomic E-state index is -0.783. The predicted octanol–water partition coefficient (Wildman–Crippen LogP) is 2.66. The number of halogens is 2. The zero-order chi connectivity index (χ0) is 20.0. The minimum absolute atomic E-state index is 0.0627. The molecule has 3 rings (SSSR count). The Balaban J connectivity index is 2.64. The molecular weight excluding hydrogens is 393 g/mol. The summed E-state index contributed by atoms with van der Waals surface area (Å²) in [7, 11) is 0. The number of fused-ring (bicyclic) bond motifs is 1. The van der Waals surface area contributed by atoms with Gasteiger partial charge in [0.15, 0.2) is 5.69 Å². The summed E-state index contributed by atoms with van der Waals surface area (Å²) in [5.74, 6) is -0.144. The highest BCUT2D eigenvalue weighted by Crippen LogP contribution is 2.29. The summed E-state index contributed by atoms with van der Waals surface area (Å²) in [5.41, 5.74) is -0.253. The lowest BCUT2D eigenvalue weighted by atomic mass is 10.0. The molecule has 0 aliphatic rings. The zero-order valence-electron chi connectivity index (χ0n) is 15.1. The van der Waals surface area contributed by atoms with E-state index in [9.17, 15) is 14.8 Å². The summed E-state index contributed by atoms with van der Waals surface area (Å²) in [6.07, 6.45) is 1.42. The topological polar surface area (TPSA) is 108 Å². The zero-order valence-corrected chi connectivity index (χ0v) is 16.6. The normalized spacial score (nSPS) is 11.7. The summed E-state index contributed by atoms with van der Waals surface area (Å²) in [6, 6.07) is 1.26. The number of nitrogens with one attached hydrogen (secondary N) is 1. The minimum Gasteiger partial charge on any atom is -0.709 e. The number of H-pyrrole nitrogens is 1. The molecular formula is C17H17Cl2N5O3. The average Bonchev–Trinajstić information content (AvgIpc) is 2.60. The van der Waals surface area contributed by atoms with E-state index in [1.807, 2.05) is 27.7 Å². The van der Waals surface area contributed by atoms with Crippen LogP contribution >= 0.6 is 23.2 Å². The van der Waals surface area contributed by atoms with Gasteiger partial charge in [-0.3, -0.25) is 9.78 Å². The van der Waals surface area contributed by atoms with Crippen molar-refractivity contribution in [1.82, 2.24) is 19.5 Å². The van der Waals surface area contributed by atoms with Crippen molar-refractivity contribution in [2.24, 2.45) is 0 Å². The van der Waals surface area contributed by atoms with Gasteiger partial charge in [0.1, 0.15) is 16.7 Å². The van der Waals surface area contributed by atoms with Crippen LogP contribution in [0, 0.1) is 5.21 Å². The van der Waals surface area contributed by atoms with Crippen LogP contribution in [0.25, 0.3) is 16.7 Å². The molecule has 0 radical (unpaired) electrons. The Kier molecular flexibility index (Phi) is 4.96. The maximum atomic E-state index is 12.8. The lowest BCUT2D eigenvalue weighted by Gasteiger charge is -2.17. The molecule has 0 saturated heterocycles. The highest BCUT2D eigenvalue weighted by atomic mass is 35.5. The van der Waals surface area contributed by atoms with E-state index in [-0.39, 0.29) is 37.8 Å². The Morgan fingerprint density at radius 1 is 1.11 bits per heavy atom. The Morgan fingerprint density at radius 3 is 2.19 bits per heavy atom. The third-order valence-corrected chi connectivity index (χ3v) is 4.90. The number of rotatable bonds is 3. The third kappa shape index (κ3) is 3.08. The van der Waals surface area contributed by atoms with E-state index in [1.54, 1.807) is 0 Å². The molecule has 0 fully saturated rings. The smallest absolute Gasteiger partial charge is 0.421 e.